The second kappa shape index (κ2) is 6.78. The molecule has 0 bridgehead atoms. The zero-order valence-corrected chi connectivity index (χ0v) is 12.7. The lowest BCUT2D eigenvalue weighted by atomic mass is 9.83. The number of rotatable bonds is 5. The van der Waals surface area contributed by atoms with E-state index in [4.69, 9.17) is 0 Å². The van der Waals surface area contributed by atoms with E-state index in [1.54, 1.807) is 0 Å². The Morgan fingerprint density at radius 3 is 2.60 bits per heavy atom. The summed E-state index contributed by atoms with van der Waals surface area (Å²) in [4.78, 5) is 12.6. The number of hydrogen-bond donors (Lipinski definition) is 2. The van der Waals surface area contributed by atoms with E-state index < -0.39 is 0 Å². The summed E-state index contributed by atoms with van der Waals surface area (Å²) in [6.45, 7) is 5.19. The zero-order valence-electron chi connectivity index (χ0n) is 12.7. The van der Waals surface area contributed by atoms with Crippen LogP contribution in [0.3, 0.4) is 0 Å². The molecule has 3 nitrogen and oxygen atoms in total. The van der Waals surface area contributed by atoms with Crippen LogP contribution < -0.4 is 10.6 Å². The van der Waals surface area contributed by atoms with Gasteiger partial charge in [0.25, 0.3) is 5.91 Å². The first-order chi connectivity index (χ1) is 9.64. The van der Waals surface area contributed by atoms with E-state index in [1.165, 1.54) is 19.3 Å². The maximum atomic E-state index is 12.6. The molecule has 2 rings (SSSR count). The molecule has 0 saturated heterocycles. The maximum absolute atomic E-state index is 12.6. The van der Waals surface area contributed by atoms with Gasteiger partial charge in [0.1, 0.15) is 0 Å². The Labute approximate surface area is 122 Å². The van der Waals surface area contributed by atoms with Gasteiger partial charge in [-0.2, -0.15) is 0 Å². The Bertz CT molecular complexity index is 450. The first kappa shape index (κ1) is 14.9. The molecule has 2 N–H and O–H groups in total. The third-order valence-corrected chi connectivity index (χ3v) is 4.11. The molecule has 1 amide bonds. The molecule has 110 valence electrons. The Morgan fingerprint density at radius 1 is 1.20 bits per heavy atom. The number of hydrogen-bond acceptors (Lipinski definition) is 2. The molecule has 0 spiro atoms. The topological polar surface area (TPSA) is 41.1 Å². The molecule has 1 aromatic rings. The predicted molar refractivity (Wildman–Crippen MR) is 84.2 cm³/mol. The number of carbonyl (C=O) groups excluding carboxylic acids is 1. The summed E-state index contributed by atoms with van der Waals surface area (Å²) in [6.07, 6.45) is 6.94. The molecule has 1 fully saturated rings. The van der Waals surface area contributed by atoms with Crippen LogP contribution in [-0.4, -0.2) is 18.0 Å². The van der Waals surface area contributed by atoms with Gasteiger partial charge < -0.3 is 10.6 Å². The van der Waals surface area contributed by atoms with Gasteiger partial charge in [0.15, 0.2) is 0 Å². The van der Waals surface area contributed by atoms with Crippen LogP contribution in [0.5, 0.6) is 0 Å². The minimum absolute atomic E-state index is 0.0345. The van der Waals surface area contributed by atoms with Crippen molar-refractivity contribution in [2.45, 2.75) is 57.9 Å². The minimum Gasteiger partial charge on any atom is -0.384 e. The molecule has 0 aromatic heterocycles. The van der Waals surface area contributed by atoms with E-state index in [1.807, 2.05) is 24.3 Å². The van der Waals surface area contributed by atoms with Gasteiger partial charge in [0.05, 0.1) is 5.56 Å². The molecule has 20 heavy (non-hydrogen) atoms. The molecule has 0 heterocycles. The van der Waals surface area contributed by atoms with Crippen LogP contribution in [0.2, 0.25) is 0 Å². The second-order valence-corrected chi connectivity index (χ2v) is 6.05. The fourth-order valence-corrected chi connectivity index (χ4v) is 2.89. The number of nitrogens with one attached hydrogen (secondary N) is 2. The molecule has 0 radical (unpaired) electrons. The highest BCUT2D eigenvalue weighted by Gasteiger charge is 2.29. The normalized spacial score (nSPS) is 17.5. The highest BCUT2D eigenvalue weighted by molar-refractivity contribution is 6.00. The predicted octanol–water partition coefficient (Wildman–Crippen LogP) is 3.96. The quantitative estimate of drug-likeness (QED) is 0.853. The fraction of sp³-hybridized carbons (Fsp3) is 0.588. The molecule has 1 aliphatic carbocycles. The Balaban J connectivity index is 2.08. The Morgan fingerprint density at radius 2 is 1.90 bits per heavy atom. The van der Waals surface area contributed by atoms with Crippen molar-refractivity contribution in [1.29, 1.82) is 0 Å². The number of anilines is 1. The van der Waals surface area contributed by atoms with Gasteiger partial charge in [-0.05, 0) is 38.3 Å². The summed E-state index contributed by atoms with van der Waals surface area (Å²) in [6, 6.07) is 7.78. The van der Waals surface area contributed by atoms with E-state index in [-0.39, 0.29) is 11.4 Å². The summed E-state index contributed by atoms with van der Waals surface area (Å²) in [7, 11) is 0. The van der Waals surface area contributed by atoms with Crippen LogP contribution in [0.1, 0.15) is 62.7 Å². The third kappa shape index (κ3) is 3.75. The lowest BCUT2D eigenvalue weighted by Gasteiger charge is -2.34. The monoisotopic (exact) mass is 274 g/mol. The first-order valence-electron chi connectivity index (χ1n) is 7.80. The van der Waals surface area contributed by atoms with Gasteiger partial charge in [-0.3, -0.25) is 4.79 Å². The molecule has 3 heteroatoms. The lowest BCUT2D eigenvalue weighted by Crippen LogP contribution is -2.47. The zero-order chi connectivity index (χ0) is 14.4. The van der Waals surface area contributed by atoms with E-state index in [9.17, 15) is 4.79 Å². The number of carbonyl (C=O) groups is 1. The van der Waals surface area contributed by atoms with Crippen LogP contribution in [0.4, 0.5) is 5.69 Å². The number of amides is 1. The SMILES string of the molecule is CCCNc1ccccc1C(=O)NC1(C)CCCCC1. The molecule has 0 unspecified atom stereocenters. The van der Waals surface area contributed by atoms with Crippen LogP contribution in [-0.2, 0) is 0 Å². The highest BCUT2D eigenvalue weighted by atomic mass is 16.1. The minimum atomic E-state index is -0.0345. The molecule has 1 aliphatic rings. The van der Waals surface area contributed by atoms with E-state index >= 15 is 0 Å². The summed E-state index contributed by atoms with van der Waals surface area (Å²) in [5.41, 5.74) is 1.66. The van der Waals surface area contributed by atoms with Crippen molar-refractivity contribution in [2.24, 2.45) is 0 Å². The molecule has 1 saturated carbocycles. The van der Waals surface area contributed by atoms with E-state index in [0.29, 0.717) is 0 Å². The van der Waals surface area contributed by atoms with Crippen LogP contribution in [0.25, 0.3) is 0 Å². The van der Waals surface area contributed by atoms with Gasteiger partial charge in [-0.1, -0.05) is 38.3 Å². The average Bonchev–Trinajstić information content (AvgIpc) is 2.45. The van der Waals surface area contributed by atoms with Crippen molar-refractivity contribution in [3.05, 3.63) is 29.8 Å². The first-order valence-corrected chi connectivity index (χ1v) is 7.80. The van der Waals surface area contributed by atoms with Crippen molar-refractivity contribution in [3.8, 4) is 0 Å². The average molecular weight is 274 g/mol. The van der Waals surface area contributed by atoms with Crippen LogP contribution in [0, 0.1) is 0 Å². The lowest BCUT2D eigenvalue weighted by molar-refractivity contribution is 0.0883. The highest BCUT2D eigenvalue weighted by Crippen LogP contribution is 2.28. The van der Waals surface area contributed by atoms with Gasteiger partial charge in [0, 0.05) is 17.8 Å². The van der Waals surface area contributed by atoms with Crippen molar-refractivity contribution in [1.82, 2.24) is 5.32 Å². The molecular formula is C17H26N2O. The van der Waals surface area contributed by atoms with Crippen LogP contribution in [0.15, 0.2) is 24.3 Å². The van der Waals surface area contributed by atoms with Gasteiger partial charge >= 0.3 is 0 Å². The van der Waals surface area contributed by atoms with Crippen molar-refractivity contribution < 1.29 is 4.79 Å². The van der Waals surface area contributed by atoms with Crippen molar-refractivity contribution in [2.75, 3.05) is 11.9 Å². The standard InChI is InChI=1S/C17H26N2O/c1-3-13-18-15-10-6-5-9-14(15)16(20)19-17(2)11-7-4-8-12-17/h5-6,9-10,18H,3-4,7-8,11-13H2,1-2H3,(H,19,20). The second-order valence-electron chi connectivity index (χ2n) is 6.05. The Kier molecular flexibility index (Phi) is 5.05. The molecule has 0 aliphatic heterocycles. The van der Waals surface area contributed by atoms with Crippen molar-refractivity contribution in [3.63, 3.8) is 0 Å². The summed E-state index contributed by atoms with van der Waals surface area (Å²) in [5.74, 6) is 0.0496. The third-order valence-electron chi connectivity index (χ3n) is 4.11. The van der Waals surface area contributed by atoms with Crippen LogP contribution >= 0.6 is 0 Å². The van der Waals surface area contributed by atoms with Crippen molar-refractivity contribution >= 4 is 11.6 Å². The summed E-state index contributed by atoms with van der Waals surface area (Å²) in [5, 5.41) is 6.58. The molecule has 1 aromatic carbocycles. The number of para-hydroxylation sites is 1. The number of benzene rings is 1. The summed E-state index contributed by atoms with van der Waals surface area (Å²) < 4.78 is 0. The summed E-state index contributed by atoms with van der Waals surface area (Å²) >= 11 is 0. The van der Waals surface area contributed by atoms with Gasteiger partial charge in [-0.25, -0.2) is 0 Å². The maximum Gasteiger partial charge on any atom is 0.253 e. The van der Waals surface area contributed by atoms with E-state index in [2.05, 4.69) is 24.5 Å². The molecular weight excluding hydrogens is 248 g/mol. The Hall–Kier alpha value is -1.51. The van der Waals surface area contributed by atoms with Gasteiger partial charge in [0.2, 0.25) is 0 Å². The largest absolute Gasteiger partial charge is 0.384 e. The smallest absolute Gasteiger partial charge is 0.253 e. The molecule has 0 atom stereocenters. The fourth-order valence-electron chi connectivity index (χ4n) is 2.89. The van der Waals surface area contributed by atoms with Gasteiger partial charge in [-0.15, -0.1) is 0 Å². The van der Waals surface area contributed by atoms with E-state index in [0.717, 1.165) is 37.1 Å².